The molecular formula is C20H16N2O4. The van der Waals surface area contributed by atoms with Gasteiger partial charge in [-0.25, -0.2) is 4.79 Å². The van der Waals surface area contributed by atoms with Gasteiger partial charge in [0, 0.05) is 17.3 Å². The highest BCUT2D eigenvalue weighted by Gasteiger charge is 2.16. The summed E-state index contributed by atoms with van der Waals surface area (Å²) in [5.41, 5.74) is 6.76. The average molecular weight is 348 g/mol. The third-order valence-electron chi connectivity index (χ3n) is 3.66. The van der Waals surface area contributed by atoms with Crippen LogP contribution in [0.5, 0.6) is 0 Å². The lowest BCUT2D eigenvalue weighted by Gasteiger charge is -2.07. The van der Waals surface area contributed by atoms with Gasteiger partial charge in [0.15, 0.2) is 0 Å². The molecule has 0 aliphatic rings. The van der Waals surface area contributed by atoms with Crippen LogP contribution >= 0.6 is 0 Å². The number of aliphatic carboxylic acids is 1. The fraction of sp³-hybridized carbons (Fsp3) is 0. The lowest BCUT2D eigenvalue weighted by molar-refractivity contribution is -0.132. The number of anilines is 1. The second-order valence-electron chi connectivity index (χ2n) is 5.47. The van der Waals surface area contributed by atoms with Crippen LogP contribution in [0.3, 0.4) is 0 Å². The molecule has 0 atom stereocenters. The molecule has 3 rings (SSSR count). The van der Waals surface area contributed by atoms with E-state index in [4.69, 9.17) is 10.2 Å². The van der Waals surface area contributed by atoms with E-state index in [-0.39, 0.29) is 16.9 Å². The predicted molar refractivity (Wildman–Crippen MR) is 98.1 cm³/mol. The van der Waals surface area contributed by atoms with E-state index < -0.39 is 11.9 Å². The highest BCUT2D eigenvalue weighted by Crippen LogP contribution is 2.23. The minimum atomic E-state index is -1.29. The van der Waals surface area contributed by atoms with Gasteiger partial charge < -0.3 is 20.6 Å². The van der Waals surface area contributed by atoms with Gasteiger partial charge in [-0.05, 0) is 24.3 Å². The molecule has 0 saturated heterocycles. The number of hydrogen-bond donors (Lipinski definition) is 3. The summed E-state index contributed by atoms with van der Waals surface area (Å²) >= 11 is 0. The number of rotatable bonds is 5. The van der Waals surface area contributed by atoms with Crippen molar-refractivity contribution in [1.82, 2.24) is 5.32 Å². The number of para-hydroxylation sites is 1. The van der Waals surface area contributed by atoms with E-state index in [1.54, 1.807) is 30.3 Å². The molecule has 1 aromatic heterocycles. The summed E-state index contributed by atoms with van der Waals surface area (Å²) < 4.78 is 5.65. The van der Waals surface area contributed by atoms with Crippen molar-refractivity contribution in [2.45, 2.75) is 0 Å². The zero-order chi connectivity index (χ0) is 18.5. The van der Waals surface area contributed by atoms with E-state index in [0.717, 1.165) is 5.56 Å². The Morgan fingerprint density at radius 1 is 0.962 bits per heavy atom. The average Bonchev–Trinajstić information content (AvgIpc) is 3.11. The number of carboxylic acids is 1. The van der Waals surface area contributed by atoms with E-state index in [2.05, 4.69) is 5.32 Å². The molecule has 26 heavy (non-hydrogen) atoms. The van der Waals surface area contributed by atoms with E-state index >= 15 is 0 Å². The molecule has 4 N–H and O–H groups in total. The van der Waals surface area contributed by atoms with Crippen molar-refractivity contribution in [3.05, 3.63) is 83.8 Å². The molecule has 0 aliphatic heterocycles. The van der Waals surface area contributed by atoms with E-state index in [1.807, 2.05) is 30.3 Å². The molecule has 6 nitrogen and oxygen atoms in total. The molecule has 0 saturated carbocycles. The fourth-order valence-corrected chi connectivity index (χ4v) is 2.37. The first-order chi connectivity index (χ1) is 12.5. The Bertz CT molecular complexity index is 974. The van der Waals surface area contributed by atoms with Crippen LogP contribution in [0.15, 0.2) is 76.8 Å². The molecule has 0 spiro atoms. The molecule has 130 valence electrons. The number of furan rings is 1. The second-order valence-corrected chi connectivity index (χ2v) is 5.47. The van der Waals surface area contributed by atoms with Crippen LogP contribution in [0.1, 0.15) is 16.1 Å². The maximum Gasteiger partial charge on any atom is 0.352 e. The van der Waals surface area contributed by atoms with Crippen LogP contribution in [0.4, 0.5) is 5.69 Å². The van der Waals surface area contributed by atoms with Gasteiger partial charge in [0.25, 0.3) is 5.91 Å². The van der Waals surface area contributed by atoms with Crippen molar-refractivity contribution in [2.24, 2.45) is 0 Å². The van der Waals surface area contributed by atoms with Gasteiger partial charge in [0.1, 0.15) is 17.2 Å². The van der Waals surface area contributed by atoms with Crippen LogP contribution in [-0.4, -0.2) is 17.0 Å². The SMILES string of the molecule is Nc1ccccc1C(=O)N/C(=C\c1ccc(-c2ccccc2)o1)C(=O)O. The Hall–Kier alpha value is -3.80. The van der Waals surface area contributed by atoms with Gasteiger partial charge >= 0.3 is 5.97 Å². The predicted octanol–water partition coefficient (Wildman–Crippen LogP) is 3.38. The molecule has 0 unspecified atom stereocenters. The summed E-state index contributed by atoms with van der Waals surface area (Å²) in [5.74, 6) is -0.986. The number of carbonyl (C=O) groups excluding carboxylic acids is 1. The molecule has 0 bridgehead atoms. The van der Waals surface area contributed by atoms with Gasteiger partial charge in [-0.15, -0.1) is 0 Å². The van der Waals surface area contributed by atoms with E-state index in [9.17, 15) is 14.7 Å². The maximum absolute atomic E-state index is 12.3. The summed E-state index contributed by atoms with van der Waals surface area (Å²) in [7, 11) is 0. The molecule has 3 aromatic rings. The molecular weight excluding hydrogens is 332 g/mol. The smallest absolute Gasteiger partial charge is 0.352 e. The zero-order valence-electron chi connectivity index (χ0n) is 13.7. The maximum atomic E-state index is 12.3. The summed E-state index contributed by atoms with van der Waals surface area (Å²) in [4.78, 5) is 23.7. The lowest BCUT2D eigenvalue weighted by Crippen LogP contribution is -2.27. The standard InChI is InChI=1S/C20H16N2O4/c21-16-9-5-4-8-15(16)19(23)22-17(20(24)25)12-14-10-11-18(26-14)13-6-2-1-3-7-13/h1-12H,21H2,(H,22,23)(H,24,25)/b17-12-. The van der Waals surface area contributed by atoms with Crippen LogP contribution < -0.4 is 11.1 Å². The second kappa shape index (κ2) is 7.40. The Labute approximate surface area is 149 Å². The first kappa shape index (κ1) is 17.0. The molecule has 0 radical (unpaired) electrons. The monoisotopic (exact) mass is 348 g/mol. The first-order valence-corrected chi connectivity index (χ1v) is 7.80. The van der Waals surface area contributed by atoms with Gasteiger partial charge in [-0.2, -0.15) is 0 Å². The van der Waals surface area contributed by atoms with Crippen LogP contribution in [0, 0.1) is 0 Å². The minimum absolute atomic E-state index is 0.198. The van der Waals surface area contributed by atoms with Crippen molar-refractivity contribution in [2.75, 3.05) is 5.73 Å². The molecule has 1 amide bonds. The topological polar surface area (TPSA) is 106 Å². The Kier molecular flexibility index (Phi) is 4.85. The number of amides is 1. The van der Waals surface area contributed by atoms with Crippen LogP contribution in [0.2, 0.25) is 0 Å². The van der Waals surface area contributed by atoms with Crippen molar-refractivity contribution in [1.29, 1.82) is 0 Å². The van der Waals surface area contributed by atoms with Crippen molar-refractivity contribution >= 4 is 23.6 Å². The number of carbonyl (C=O) groups is 2. The quantitative estimate of drug-likeness (QED) is 0.484. The number of hydrogen-bond acceptors (Lipinski definition) is 4. The number of benzene rings is 2. The number of nitrogens with two attached hydrogens (primary N) is 1. The number of nitrogen functional groups attached to an aromatic ring is 1. The van der Waals surface area contributed by atoms with E-state index in [0.29, 0.717) is 11.5 Å². The van der Waals surface area contributed by atoms with Crippen molar-refractivity contribution in [3.8, 4) is 11.3 Å². The molecule has 2 aromatic carbocycles. The van der Waals surface area contributed by atoms with Gasteiger partial charge in [0.05, 0.1) is 5.56 Å². The van der Waals surface area contributed by atoms with Gasteiger partial charge in [-0.3, -0.25) is 4.79 Å². The van der Waals surface area contributed by atoms with Crippen LogP contribution in [0.25, 0.3) is 17.4 Å². The fourth-order valence-electron chi connectivity index (χ4n) is 2.37. The third kappa shape index (κ3) is 3.81. The summed E-state index contributed by atoms with van der Waals surface area (Å²) in [6.07, 6.45) is 1.26. The summed E-state index contributed by atoms with van der Waals surface area (Å²) in [6.45, 7) is 0. The highest BCUT2D eigenvalue weighted by molar-refractivity contribution is 6.05. The summed E-state index contributed by atoms with van der Waals surface area (Å²) in [5, 5.41) is 11.7. The van der Waals surface area contributed by atoms with Crippen molar-refractivity contribution in [3.63, 3.8) is 0 Å². The molecule has 1 heterocycles. The van der Waals surface area contributed by atoms with Gasteiger partial charge in [0.2, 0.25) is 0 Å². The molecule has 0 aliphatic carbocycles. The number of carboxylic acid groups (broad SMARTS) is 1. The normalized spacial score (nSPS) is 11.2. The lowest BCUT2D eigenvalue weighted by atomic mass is 10.1. The van der Waals surface area contributed by atoms with Crippen molar-refractivity contribution < 1.29 is 19.1 Å². The molecule has 0 fully saturated rings. The minimum Gasteiger partial charge on any atom is -0.477 e. The Morgan fingerprint density at radius 2 is 1.65 bits per heavy atom. The van der Waals surface area contributed by atoms with Gasteiger partial charge in [-0.1, -0.05) is 42.5 Å². The third-order valence-corrected chi connectivity index (χ3v) is 3.66. The Morgan fingerprint density at radius 3 is 2.35 bits per heavy atom. The Balaban J connectivity index is 1.84. The molecule has 6 heteroatoms. The first-order valence-electron chi connectivity index (χ1n) is 7.80. The largest absolute Gasteiger partial charge is 0.477 e. The summed E-state index contributed by atoms with van der Waals surface area (Å²) in [6, 6.07) is 19.2. The van der Waals surface area contributed by atoms with Crippen LogP contribution in [-0.2, 0) is 4.79 Å². The van der Waals surface area contributed by atoms with E-state index in [1.165, 1.54) is 12.1 Å². The number of nitrogens with one attached hydrogen (secondary N) is 1. The highest BCUT2D eigenvalue weighted by atomic mass is 16.4. The zero-order valence-corrected chi connectivity index (χ0v) is 13.7.